The van der Waals surface area contributed by atoms with E-state index in [1.165, 1.54) is 0 Å². The van der Waals surface area contributed by atoms with E-state index >= 15 is 0 Å². The summed E-state index contributed by atoms with van der Waals surface area (Å²) in [5.74, 6) is 2.10. The normalized spacial score (nSPS) is 10.3. The van der Waals surface area contributed by atoms with Crippen LogP contribution in [0, 0.1) is 0 Å². The molecule has 0 aliphatic carbocycles. The molecule has 0 spiro atoms. The van der Waals surface area contributed by atoms with E-state index in [0.29, 0.717) is 11.5 Å². The van der Waals surface area contributed by atoms with Crippen molar-refractivity contribution in [1.29, 1.82) is 0 Å². The van der Waals surface area contributed by atoms with Gasteiger partial charge in [-0.1, -0.05) is 0 Å². The third-order valence-corrected chi connectivity index (χ3v) is 2.37. The second kappa shape index (κ2) is 5.26. The van der Waals surface area contributed by atoms with Gasteiger partial charge in [0.2, 0.25) is 0 Å². The summed E-state index contributed by atoms with van der Waals surface area (Å²) in [6.07, 6.45) is 0.0953. The van der Waals surface area contributed by atoms with E-state index in [1.807, 2.05) is 26.0 Å². The molecular formula is C11H15BrO3. The number of methoxy groups -OCH3 is 2. The van der Waals surface area contributed by atoms with Gasteiger partial charge in [0.05, 0.1) is 24.8 Å². The molecule has 0 N–H and O–H groups in total. The van der Waals surface area contributed by atoms with E-state index in [0.717, 1.165) is 10.2 Å². The molecule has 0 saturated heterocycles. The van der Waals surface area contributed by atoms with E-state index in [2.05, 4.69) is 15.9 Å². The zero-order chi connectivity index (χ0) is 11.4. The molecule has 0 radical (unpaired) electrons. The molecule has 1 aromatic rings. The molecule has 15 heavy (non-hydrogen) atoms. The molecule has 0 atom stereocenters. The minimum Gasteiger partial charge on any atom is -0.497 e. The van der Waals surface area contributed by atoms with Crippen LogP contribution in [-0.4, -0.2) is 20.3 Å². The van der Waals surface area contributed by atoms with Crippen LogP contribution in [0.25, 0.3) is 0 Å². The SMILES string of the molecule is COc1cc(Br)c(OC)c(OC(C)C)c1. The Labute approximate surface area is 98.5 Å². The Morgan fingerprint density at radius 2 is 1.80 bits per heavy atom. The highest BCUT2D eigenvalue weighted by Gasteiger charge is 2.12. The third-order valence-electron chi connectivity index (χ3n) is 1.79. The van der Waals surface area contributed by atoms with E-state index in [4.69, 9.17) is 14.2 Å². The lowest BCUT2D eigenvalue weighted by atomic mass is 10.3. The first-order valence-corrected chi connectivity index (χ1v) is 5.46. The van der Waals surface area contributed by atoms with Gasteiger partial charge in [-0.05, 0) is 35.8 Å². The molecule has 0 aliphatic rings. The molecule has 0 aliphatic heterocycles. The minimum absolute atomic E-state index is 0.0953. The monoisotopic (exact) mass is 274 g/mol. The molecule has 0 saturated carbocycles. The highest BCUT2D eigenvalue weighted by molar-refractivity contribution is 9.10. The Morgan fingerprint density at radius 3 is 2.27 bits per heavy atom. The maximum absolute atomic E-state index is 5.62. The summed E-state index contributed by atoms with van der Waals surface area (Å²) in [4.78, 5) is 0. The van der Waals surface area contributed by atoms with Crippen LogP contribution >= 0.6 is 15.9 Å². The van der Waals surface area contributed by atoms with E-state index in [1.54, 1.807) is 14.2 Å². The van der Waals surface area contributed by atoms with E-state index in [9.17, 15) is 0 Å². The van der Waals surface area contributed by atoms with Crippen LogP contribution in [0.1, 0.15) is 13.8 Å². The molecule has 84 valence electrons. The lowest BCUT2D eigenvalue weighted by molar-refractivity contribution is 0.228. The summed E-state index contributed by atoms with van der Waals surface area (Å²) in [6.45, 7) is 3.93. The topological polar surface area (TPSA) is 27.7 Å². The highest BCUT2D eigenvalue weighted by atomic mass is 79.9. The van der Waals surface area contributed by atoms with Gasteiger partial charge in [0, 0.05) is 6.07 Å². The summed E-state index contributed by atoms with van der Waals surface area (Å²) in [5.41, 5.74) is 0. The maximum Gasteiger partial charge on any atom is 0.175 e. The quantitative estimate of drug-likeness (QED) is 0.844. The zero-order valence-electron chi connectivity index (χ0n) is 9.33. The van der Waals surface area contributed by atoms with Crippen LogP contribution in [0.15, 0.2) is 16.6 Å². The number of ether oxygens (including phenoxy) is 3. The number of hydrogen-bond donors (Lipinski definition) is 0. The number of halogens is 1. The summed E-state index contributed by atoms with van der Waals surface area (Å²) < 4.78 is 16.8. The second-order valence-corrected chi connectivity index (χ2v) is 4.16. The summed E-state index contributed by atoms with van der Waals surface area (Å²) in [5, 5.41) is 0. The molecule has 1 rings (SSSR count). The molecular weight excluding hydrogens is 260 g/mol. The number of rotatable bonds is 4. The summed E-state index contributed by atoms with van der Waals surface area (Å²) in [6, 6.07) is 3.65. The van der Waals surface area contributed by atoms with Gasteiger partial charge in [-0.3, -0.25) is 0 Å². The Morgan fingerprint density at radius 1 is 1.13 bits per heavy atom. The summed E-state index contributed by atoms with van der Waals surface area (Å²) >= 11 is 3.40. The molecule has 0 heterocycles. The lowest BCUT2D eigenvalue weighted by Crippen LogP contribution is -2.07. The first-order chi connectivity index (χ1) is 7.08. The fraction of sp³-hybridized carbons (Fsp3) is 0.455. The molecule has 0 amide bonds. The smallest absolute Gasteiger partial charge is 0.175 e. The predicted octanol–water partition coefficient (Wildman–Crippen LogP) is 3.25. The first-order valence-electron chi connectivity index (χ1n) is 4.66. The van der Waals surface area contributed by atoms with E-state index in [-0.39, 0.29) is 6.10 Å². The van der Waals surface area contributed by atoms with Crippen molar-refractivity contribution in [1.82, 2.24) is 0 Å². The van der Waals surface area contributed by atoms with Gasteiger partial charge in [-0.2, -0.15) is 0 Å². The molecule has 3 nitrogen and oxygen atoms in total. The van der Waals surface area contributed by atoms with Gasteiger partial charge in [0.15, 0.2) is 11.5 Å². The highest BCUT2D eigenvalue weighted by Crippen LogP contribution is 2.39. The Bertz CT molecular complexity index is 337. The summed E-state index contributed by atoms with van der Waals surface area (Å²) in [7, 11) is 3.23. The van der Waals surface area contributed by atoms with Crippen molar-refractivity contribution in [3.8, 4) is 17.2 Å². The number of benzene rings is 1. The van der Waals surface area contributed by atoms with Crippen LogP contribution < -0.4 is 14.2 Å². The fourth-order valence-corrected chi connectivity index (χ4v) is 1.78. The number of hydrogen-bond acceptors (Lipinski definition) is 3. The van der Waals surface area contributed by atoms with Gasteiger partial charge in [-0.15, -0.1) is 0 Å². The van der Waals surface area contributed by atoms with Crippen molar-refractivity contribution in [2.24, 2.45) is 0 Å². The van der Waals surface area contributed by atoms with Crippen molar-refractivity contribution in [2.75, 3.05) is 14.2 Å². The van der Waals surface area contributed by atoms with Crippen LogP contribution in [0.5, 0.6) is 17.2 Å². The average Bonchev–Trinajstić information content (AvgIpc) is 2.16. The van der Waals surface area contributed by atoms with Crippen LogP contribution in [0.3, 0.4) is 0 Å². The lowest BCUT2D eigenvalue weighted by Gasteiger charge is -2.15. The van der Waals surface area contributed by atoms with Crippen molar-refractivity contribution in [3.63, 3.8) is 0 Å². The van der Waals surface area contributed by atoms with Gasteiger partial charge >= 0.3 is 0 Å². The molecule has 0 unspecified atom stereocenters. The fourth-order valence-electron chi connectivity index (χ4n) is 1.20. The third kappa shape index (κ3) is 3.02. The van der Waals surface area contributed by atoms with Crippen molar-refractivity contribution in [2.45, 2.75) is 20.0 Å². The van der Waals surface area contributed by atoms with Crippen molar-refractivity contribution < 1.29 is 14.2 Å². The second-order valence-electron chi connectivity index (χ2n) is 3.31. The van der Waals surface area contributed by atoms with Gasteiger partial charge in [-0.25, -0.2) is 0 Å². The van der Waals surface area contributed by atoms with Crippen LogP contribution in [0.4, 0.5) is 0 Å². The Kier molecular flexibility index (Phi) is 4.27. The standard InChI is InChI=1S/C11H15BrO3/c1-7(2)15-10-6-8(13-3)5-9(12)11(10)14-4/h5-7H,1-4H3. The van der Waals surface area contributed by atoms with E-state index < -0.39 is 0 Å². The minimum atomic E-state index is 0.0953. The predicted molar refractivity (Wildman–Crippen MR) is 63.0 cm³/mol. The molecule has 0 fully saturated rings. The molecule has 4 heteroatoms. The van der Waals surface area contributed by atoms with Crippen molar-refractivity contribution >= 4 is 15.9 Å². The average molecular weight is 275 g/mol. The van der Waals surface area contributed by atoms with Gasteiger partial charge < -0.3 is 14.2 Å². The molecule has 0 bridgehead atoms. The zero-order valence-corrected chi connectivity index (χ0v) is 10.9. The molecule has 0 aromatic heterocycles. The maximum atomic E-state index is 5.62. The van der Waals surface area contributed by atoms with Crippen LogP contribution in [-0.2, 0) is 0 Å². The van der Waals surface area contributed by atoms with Crippen LogP contribution in [0.2, 0.25) is 0 Å². The first kappa shape index (κ1) is 12.2. The van der Waals surface area contributed by atoms with Crippen molar-refractivity contribution in [3.05, 3.63) is 16.6 Å². The van der Waals surface area contributed by atoms with Gasteiger partial charge in [0.1, 0.15) is 5.75 Å². The largest absolute Gasteiger partial charge is 0.497 e. The Hall–Kier alpha value is -0.900. The molecule has 1 aromatic carbocycles. The van der Waals surface area contributed by atoms with Gasteiger partial charge in [0.25, 0.3) is 0 Å². The Balaban J connectivity index is 3.13.